The summed E-state index contributed by atoms with van der Waals surface area (Å²) < 4.78 is 0. The molecule has 0 aliphatic carbocycles. The smallest absolute Gasteiger partial charge is 0.256 e. The zero-order valence-electron chi connectivity index (χ0n) is 11.8. The summed E-state index contributed by atoms with van der Waals surface area (Å²) in [7, 11) is 1.57. The lowest BCUT2D eigenvalue weighted by Crippen LogP contribution is -2.40. The summed E-state index contributed by atoms with van der Waals surface area (Å²) in [6, 6.07) is 5.57. The van der Waals surface area contributed by atoms with Crippen LogP contribution in [0.4, 0.5) is 11.4 Å². The summed E-state index contributed by atoms with van der Waals surface area (Å²) in [6.45, 7) is 4.04. The molecule has 1 aliphatic rings. The van der Waals surface area contributed by atoms with Gasteiger partial charge in [-0.05, 0) is 19.1 Å². The third kappa shape index (κ3) is 2.84. The average molecular weight is 276 g/mol. The second-order valence-corrected chi connectivity index (χ2v) is 4.57. The van der Waals surface area contributed by atoms with Crippen molar-refractivity contribution in [2.45, 2.75) is 6.92 Å². The molecule has 1 aromatic rings. The highest BCUT2D eigenvalue weighted by molar-refractivity contribution is 6.03. The number of carbonyl (C=O) groups excluding carboxylic acids is 2. The Kier molecular flexibility index (Phi) is 4.45. The van der Waals surface area contributed by atoms with E-state index in [0.717, 1.165) is 24.5 Å². The van der Waals surface area contributed by atoms with E-state index in [2.05, 4.69) is 16.0 Å². The Balaban J connectivity index is 2.25. The maximum absolute atomic E-state index is 12.6. The molecule has 6 heteroatoms. The standard InChI is InChI=1S/C14H20N4O2/c1-3-18(9-12(19)15-2)14(20)10-5-4-6-11-13(10)17-8-7-16-11/h4-6,16-17H,3,7-9H2,1-2H3,(H,15,19). The predicted octanol–water partition coefficient (Wildman–Crippen LogP) is 0.732. The van der Waals surface area contributed by atoms with E-state index < -0.39 is 0 Å². The normalized spacial score (nSPS) is 12.7. The van der Waals surface area contributed by atoms with E-state index in [4.69, 9.17) is 0 Å². The fourth-order valence-electron chi connectivity index (χ4n) is 2.20. The molecule has 0 spiro atoms. The van der Waals surface area contributed by atoms with Crippen LogP contribution in [-0.2, 0) is 4.79 Å². The number of nitrogens with zero attached hydrogens (tertiary/aromatic N) is 1. The van der Waals surface area contributed by atoms with Crippen LogP contribution in [-0.4, -0.2) is 49.9 Å². The van der Waals surface area contributed by atoms with Crippen LogP contribution in [0, 0.1) is 0 Å². The summed E-state index contributed by atoms with van der Waals surface area (Å²) in [6.07, 6.45) is 0. The van der Waals surface area contributed by atoms with Gasteiger partial charge in [-0.2, -0.15) is 0 Å². The molecule has 2 rings (SSSR count). The van der Waals surface area contributed by atoms with Gasteiger partial charge in [-0.3, -0.25) is 9.59 Å². The second kappa shape index (κ2) is 6.27. The van der Waals surface area contributed by atoms with Crippen molar-refractivity contribution in [1.29, 1.82) is 0 Å². The molecule has 108 valence electrons. The first-order chi connectivity index (χ1) is 9.67. The molecule has 1 aromatic carbocycles. The fourth-order valence-corrected chi connectivity index (χ4v) is 2.20. The highest BCUT2D eigenvalue weighted by Crippen LogP contribution is 2.29. The first kappa shape index (κ1) is 14.2. The molecule has 0 bridgehead atoms. The summed E-state index contributed by atoms with van der Waals surface area (Å²) in [5.41, 5.74) is 2.35. The first-order valence-corrected chi connectivity index (χ1v) is 6.78. The van der Waals surface area contributed by atoms with Crippen LogP contribution in [0.1, 0.15) is 17.3 Å². The molecule has 1 aliphatic heterocycles. The Morgan fingerprint density at radius 1 is 1.30 bits per heavy atom. The van der Waals surface area contributed by atoms with Gasteiger partial charge in [0.2, 0.25) is 5.91 Å². The van der Waals surface area contributed by atoms with Crippen LogP contribution < -0.4 is 16.0 Å². The van der Waals surface area contributed by atoms with Crippen molar-refractivity contribution in [2.75, 3.05) is 43.9 Å². The Morgan fingerprint density at radius 3 is 2.75 bits per heavy atom. The molecule has 20 heavy (non-hydrogen) atoms. The Hall–Kier alpha value is -2.24. The van der Waals surface area contributed by atoms with E-state index in [1.54, 1.807) is 13.1 Å². The topological polar surface area (TPSA) is 73.5 Å². The van der Waals surface area contributed by atoms with Gasteiger partial charge >= 0.3 is 0 Å². The minimum Gasteiger partial charge on any atom is -0.382 e. The zero-order chi connectivity index (χ0) is 14.5. The number of carbonyl (C=O) groups is 2. The molecular formula is C14H20N4O2. The summed E-state index contributed by atoms with van der Waals surface area (Å²) in [4.78, 5) is 25.6. The molecule has 1 heterocycles. The number of amides is 2. The van der Waals surface area contributed by atoms with Crippen LogP contribution in [0.3, 0.4) is 0 Å². The third-order valence-electron chi connectivity index (χ3n) is 3.32. The number of nitrogens with one attached hydrogen (secondary N) is 3. The van der Waals surface area contributed by atoms with Crippen molar-refractivity contribution in [2.24, 2.45) is 0 Å². The van der Waals surface area contributed by atoms with Gasteiger partial charge in [-0.25, -0.2) is 0 Å². The summed E-state index contributed by atoms with van der Waals surface area (Å²) in [5, 5.41) is 9.04. The van der Waals surface area contributed by atoms with Crippen molar-refractivity contribution in [3.63, 3.8) is 0 Å². The largest absolute Gasteiger partial charge is 0.382 e. The van der Waals surface area contributed by atoms with Gasteiger partial charge in [-0.1, -0.05) is 6.07 Å². The number of para-hydroxylation sites is 1. The Bertz CT molecular complexity index is 516. The number of hydrogen-bond donors (Lipinski definition) is 3. The van der Waals surface area contributed by atoms with Crippen LogP contribution in [0.2, 0.25) is 0 Å². The highest BCUT2D eigenvalue weighted by atomic mass is 16.2. The summed E-state index contributed by atoms with van der Waals surface area (Å²) in [5.74, 6) is -0.305. The molecular weight excluding hydrogens is 256 g/mol. The minimum atomic E-state index is -0.170. The molecule has 2 amide bonds. The van der Waals surface area contributed by atoms with Crippen LogP contribution >= 0.6 is 0 Å². The lowest BCUT2D eigenvalue weighted by atomic mass is 10.1. The monoisotopic (exact) mass is 276 g/mol. The zero-order valence-corrected chi connectivity index (χ0v) is 11.8. The Labute approximate surface area is 118 Å². The van der Waals surface area contributed by atoms with Crippen molar-refractivity contribution in [3.05, 3.63) is 23.8 Å². The molecule has 0 aromatic heterocycles. The highest BCUT2D eigenvalue weighted by Gasteiger charge is 2.22. The van der Waals surface area contributed by atoms with Crippen molar-refractivity contribution >= 4 is 23.2 Å². The van der Waals surface area contributed by atoms with Crippen molar-refractivity contribution in [1.82, 2.24) is 10.2 Å². The van der Waals surface area contributed by atoms with Crippen molar-refractivity contribution < 1.29 is 9.59 Å². The first-order valence-electron chi connectivity index (χ1n) is 6.78. The molecule has 0 radical (unpaired) electrons. The van der Waals surface area contributed by atoms with Gasteiger partial charge in [0, 0.05) is 26.7 Å². The van der Waals surface area contributed by atoms with Gasteiger partial charge in [0.05, 0.1) is 23.5 Å². The molecule has 0 unspecified atom stereocenters. The minimum absolute atomic E-state index is 0.0724. The van der Waals surface area contributed by atoms with Crippen LogP contribution in [0.25, 0.3) is 0 Å². The van der Waals surface area contributed by atoms with Gasteiger partial charge in [-0.15, -0.1) is 0 Å². The number of fused-ring (bicyclic) bond motifs is 1. The number of rotatable bonds is 4. The van der Waals surface area contributed by atoms with E-state index in [9.17, 15) is 9.59 Å². The van der Waals surface area contributed by atoms with E-state index in [0.29, 0.717) is 12.1 Å². The molecule has 6 nitrogen and oxygen atoms in total. The second-order valence-electron chi connectivity index (χ2n) is 4.57. The lowest BCUT2D eigenvalue weighted by molar-refractivity contribution is -0.121. The van der Waals surface area contributed by atoms with Gasteiger partial charge in [0.1, 0.15) is 0 Å². The quantitative estimate of drug-likeness (QED) is 0.758. The van der Waals surface area contributed by atoms with E-state index in [1.165, 1.54) is 4.90 Å². The molecule has 3 N–H and O–H groups in total. The van der Waals surface area contributed by atoms with Crippen molar-refractivity contribution in [3.8, 4) is 0 Å². The summed E-state index contributed by atoms with van der Waals surface area (Å²) >= 11 is 0. The van der Waals surface area contributed by atoms with Crippen LogP contribution in [0.15, 0.2) is 18.2 Å². The lowest BCUT2D eigenvalue weighted by Gasteiger charge is -2.25. The molecule has 0 saturated heterocycles. The van der Waals surface area contributed by atoms with E-state index in [1.807, 2.05) is 19.1 Å². The van der Waals surface area contributed by atoms with Gasteiger partial charge < -0.3 is 20.9 Å². The number of benzene rings is 1. The third-order valence-corrected chi connectivity index (χ3v) is 3.32. The SMILES string of the molecule is CCN(CC(=O)NC)C(=O)c1cccc2c1NCCN2. The predicted molar refractivity (Wildman–Crippen MR) is 79.1 cm³/mol. The van der Waals surface area contributed by atoms with Gasteiger partial charge in [0.15, 0.2) is 0 Å². The molecule has 0 atom stereocenters. The van der Waals surface area contributed by atoms with E-state index in [-0.39, 0.29) is 18.4 Å². The molecule has 0 saturated carbocycles. The number of likely N-dealkylation sites (N-methyl/N-ethyl adjacent to an activating group) is 2. The average Bonchev–Trinajstić information content (AvgIpc) is 2.51. The van der Waals surface area contributed by atoms with E-state index >= 15 is 0 Å². The maximum atomic E-state index is 12.6. The number of anilines is 2. The Morgan fingerprint density at radius 2 is 2.05 bits per heavy atom. The van der Waals surface area contributed by atoms with Crippen LogP contribution in [0.5, 0.6) is 0 Å². The van der Waals surface area contributed by atoms with Gasteiger partial charge in [0.25, 0.3) is 5.91 Å². The number of hydrogen-bond acceptors (Lipinski definition) is 4. The molecule has 0 fully saturated rings. The fraction of sp³-hybridized carbons (Fsp3) is 0.429. The maximum Gasteiger partial charge on any atom is 0.256 e.